The van der Waals surface area contributed by atoms with E-state index in [1.807, 2.05) is 12.1 Å². The van der Waals surface area contributed by atoms with Gasteiger partial charge >= 0.3 is 0 Å². The first kappa shape index (κ1) is 11.0. The first-order chi connectivity index (χ1) is 6.79. The summed E-state index contributed by atoms with van der Waals surface area (Å²) in [4.78, 5) is 0. The van der Waals surface area contributed by atoms with Crippen molar-refractivity contribution in [3.63, 3.8) is 0 Å². The molecule has 0 saturated carbocycles. The molecule has 2 nitrogen and oxygen atoms in total. The third-order valence-electron chi connectivity index (χ3n) is 2.43. The lowest BCUT2D eigenvalue weighted by atomic mass is 10.0. The van der Waals surface area contributed by atoms with E-state index in [-0.39, 0.29) is 6.10 Å². The van der Waals surface area contributed by atoms with Crippen LogP contribution in [0.3, 0.4) is 0 Å². The molecule has 0 N–H and O–H groups in total. The van der Waals surface area contributed by atoms with Crippen LogP contribution in [0.25, 0.3) is 0 Å². The van der Waals surface area contributed by atoms with Gasteiger partial charge in [0.05, 0.1) is 6.10 Å². The molecule has 1 aliphatic heterocycles. The van der Waals surface area contributed by atoms with Crippen LogP contribution in [0.15, 0.2) is 21.2 Å². The molecule has 1 aromatic rings. The third kappa shape index (κ3) is 2.52. The molecule has 0 aromatic carbocycles. The molecular weight excluding hydrogens is 359 g/mol. The minimum absolute atomic E-state index is 0.162. The second kappa shape index (κ2) is 4.99. The van der Waals surface area contributed by atoms with Gasteiger partial charge in [0.2, 0.25) is 0 Å². The van der Waals surface area contributed by atoms with E-state index in [9.17, 15) is 0 Å². The van der Waals surface area contributed by atoms with Crippen LogP contribution in [0.1, 0.15) is 31.1 Å². The number of hydrogen-bond acceptors (Lipinski definition) is 2. The lowest BCUT2D eigenvalue weighted by Crippen LogP contribution is -2.23. The monoisotopic (exact) mass is 370 g/mol. The standard InChI is InChI=1S/C10H12BrIO2/c11-10-5-4-9(14-10)8-3-1-2-7(6-12)13-8/h4-5,7-8H,1-3,6H2. The van der Waals surface area contributed by atoms with Crippen LogP contribution in [-0.4, -0.2) is 10.5 Å². The zero-order chi connectivity index (χ0) is 9.97. The van der Waals surface area contributed by atoms with Crippen LogP contribution in [0.5, 0.6) is 0 Å². The Morgan fingerprint density at radius 3 is 2.93 bits per heavy atom. The molecule has 1 fully saturated rings. The predicted molar refractivity (Wildman–Crippen MR) is 66.8 cm³/mol. The Balaban J connectivity index is 2.04. The highest BCUT2D eigenvalue weighted by Gasteiger charge is 2.24. The van der Waals surface area contributed by atoms with E-state index in [1.54, 1.807) is 0 Å². The second-order valence-corrected chi connectivity index (χ2v) is 5.14. The molecule has 2 unspecified atom stereocenters. The number of furan rings is 1. The van der Waals surface area contributed by atoms with Gasteiger partial charge in [-0.15, -0.1) is 0 Å². The summed E-state index contributed by atoms with van der Waals surface area (Å²) in [5, 5.41) is 0. The van der Waals surface area contributed by atoms with E-state index >= 15 is 0 Å². The normalized spacial score (nSPS) is 27.9. The van der Waals surface area contributed by atoms with Crippen LogP contribution < -0.4 is 0 Å². The Labute approximate surface area is 106 Å². The van der Waals surface area contributed by atoms with E-state index < -0.39 is 0 Å². The number of alkyl halides is 1. The highest BCUT2D eigenvalue weighted by molar-refractivity contribution is 14.1. The van der Waals surface area contributed by atoms with Gasteiger partial charge in [0.25, 0.3) is 0 Å². The van der Waals surface area contributed by atoms with E-state index in [0.29, 0.717) is 6.10 Å². The Morgan fingerprint density at radius 1 is 1.43 bits per heavy atom. The van der Waals surface area contributed by atoms with Crippen molar-refractivity contribution < 1.29 is 9.15 Å². The van der Waals surface area contributed by atoms with Gasteiger partial charge in [0, 0.05) is 4.43 Å². The van der Waals surface area contributed by atoms with Crippen molar-refractivity contribution in [3.05, 3.63) is 22.6 Å². The highest BCUT2D eigenvalue weighted by atomic mass is 127. The molecule has 0 spiro atoms. The fraction of sp³-hybridized carbons (Fsp3) is 0.600. The Bertz CT molecular complexity index is 300. The molecule has 14 heavy (non-hydrogen) atoms. The maximum Gasteiger partial charge on any atom is 0.169 e. The average Bonchev–Trinajstić information content (AvgIpc) is 2.65. The Hall–Kier alpha value is 0.450. The van der Waals surface area contributed by atoms with Crippen molar-refractivity contribution in [1.82, 2.24) is 0 Å². The first-order valence-corrected chi connectivity index (χ1v) is 7.08. The van der Waals surface area contributed by atoms with E-state index in [0.717, 1.165) is 21.3 Å². The van der Waals surface area contributed by atoms with Crippen LogP contribution in [0.2, 0.25) is 0 Å². The van der Waals surface area contributed by atoms with Gasteiger partial charge in [0.15, 0.2) is 4.67 Å². The summed E-state index contributed by atoms with van der Waals surface area (Å²) in [6.45, 7) is 0. The second-order valence-electron chi connectivity index (χ2n) is 3.47. The van der Waals surface area contributed by atoms with Crippen LogP contribution in [-0.2, 0) is 4.74 Å². The summed E-state index contributed by atoms with van der Waals surface area (Å²) in [5.74, 6) is 0.950. The number of ether oxygens (including phenoxy) is 1. The average molecular weight is 371 g/mol. The van der Waals surface area contributed by atoms with Crippen molar-refractivity contribution in [2.45, 2.75) is 31.5 Å². The molecule has 1 aromatic heterocycles. The molecule has 0 aliphatic carbocycles. The van der Waals surface area contributed by atoms with Gasteiger partial charge in [-0.25, -0.2) is 0 Å². The molecule has 4 heteroatoms. The molecule has 1 saturated heterocycles. The molecule has 0 bridgehead atoms. The molecule has 2 heterocycles. The van der Waals surface area contributed by atoms with Crippen molar-refractivity contribution in [1.29, 1.82) is 0 Å². The Morgan fingerprint density at radius 2 is 2.29 bits per heavy atom. The number of halogens is 2. The molecule has 0 amide bonds. The van der Waals surface area contributed by atoms with Gasteiger partial charge in [-0.05, 0) is 47.3 Å². The summed E-state index contributed by atoms with van der Waals surface area (Å²) in [7, 11) is 0. The Kier molecular flexibility index (Phi) is 3.90. The number of hydrogen-bond donors (Lipinski definition) is 0. The maximum absolute atomic E-state index is 5.91. The third-order valence-corrected chi connectivity index (χ3v) is 3.84. The summed E-state index contributed by atoms with van der Waals surface area (Å²) >= 11 is 5.68. The molecule has 0 radical (unpaired) electrons. The predicted octanol–water partition coefficient (Wildman–Crippen LogP) is 4.09. The molecule has 1 aliphatic rings. The van der Waals surface area contributed by atoms with E-state index in [1.165, 1.54) is 12.8 Å². The molecule has 2 rings (SSSR count). The fourth-order valence-corrected chi connectivity index (χ4v) is 2.69. The maximum atomic E-state index is 5.91. The van der Waals surface area contributed by atoms with E-state index in [4.69, 9.17) is 9.15 Å². The van der Waals surface area contributed by atoms with Crippen LogP contribution in [0.4, 0.5) is 0 Å². The molecule has 2 atom stereocenters. The minimum Gasteiger partial charge on any atom is -0.452 e. The van der Waals surface area contributed by atoms with E-state index in [2.05, 4.69) is 38.5 Å². The highest BCUT2D eigenvalue weighted by Crippen LogP contribution is 2.33. The SMILES string of the molecule is Brc1ccc(C2CCCC(CI)O2)o1. The molecule has 78 valence electrons. The topological polar surface area (TPSA) is 22.4 Å². The summed E-state index contributed by atoms with van der Waals surface area (Å²) in [5.41, 5.74) is 0. The zero-order valence-electron chi connectivity index (χ0n) is 7.71. The van der Waals surface area contributed by atoms with Gasteiger partial charge in [-0.3, -0.25) is 0 Å². The lowest BCUT2D eigenvalue weighted by molar-refractivity contribution is -0.0480. The molecular formula is C10H12BrIO2. The van der Waals surface area contributed by atoms with Gasteiger partial charge < -0.3 is 9.15 Å². The van der Waals surface area contributed by atoms with Crippen molar-refractivity contribution >= 4 is 38.5 Å². The fourth-order valence-electron chi connectivity index (χ4n) is 1.72. The minimum atomic E-state index is 0.162. The number of rotatable bonds is 2. The summed E-state index contributed by atoms with van der Waals surface area (Å²) < 4.78 is 13.3. The van der Waals surface area contributed by atoms with Crippen LogP contribution >= 0.6 is 38.5 Å². The quantitative estimate of drug-likeness (QED) is 0.578. The van der Waals surface area contributed by atoms with Gasteiger partial charge in [-0.2, -0.15) is 0 Å². The van der Waals surface area contributed by atoms with Crippen molar-refractivity contribution in [3.8, 4) is 0 Å². The van der Waals surface area contributed by atoms with Crippen molar-refractivity contribution in [2.24, 2.45) is 0 Å². The zero-order valence-corrected chi connectivity index (χ0v) is 11.5. The summed E-state index contributed by atoms with van der Waals surface area (Å²) in [6.07, 6.45) is 4.05. The van der Waals surface area contributed by atoms with Gasteiger partial charge in [0.1, 0.15) is 11.9 Å². The van der Waals surface area contributed by atoms with Crippen molar-refractivity contribution in [2.75, 3.05) is 4.43 Å². The van der Waals surface area contributed by atoms with Gasteiger partial charge in [-0.1, -0.05) is 22.6 Å². The lowest BCUT2D eigenvalue weighted by Gasteiger charge is -2.27. The summed E-state index contributed by atoms with van der Waals surface area (Å²) in [6, 6.07) is 3.91. The smallest absolute Gasteiger partial charge is 0.169 e. The van der Waals surface area contributed by atoms with Crippen LogP contribution in [0, 0.1) is 0 Å². The first-order valence-electron chi connectivity index (χ1n) is 4.76. The largest absolute Gasteiger partial charge is 0.452 e.